The molecule has 0 saturated heterocycles. The van der Waals surface area contributed by atoms with Crippen molar-refractivity contribution in [3.63, 3.8) is 0 Å². The number of benzene rings is 2. The van der Waals surface area contributed by atoms with Crippen LogP contribution in [0.1, 0.15) is 6.92 Å². The molecule has 1 heterocycles. The lowest BCUT2D eigenvalue weighted by atomic mass is 10.2. The van der Waals surface area contributed by atoms with Gasteiger partial charge in [-0.3, -0.25) is 4.79 Å². The minimum atomic E-state index is -0.405. The molecule has 0 unspecified atom stereocenters. The fraction of sp³-hybridized carbons (Fsp3) is 0.167. The average molecular weight is 442 g/mol. The number of carbonyl (C=O) groups is 1. The SMILES string of the molecule is C[C@H](Sc1nnc(-c2ccc(Cl)cc2)n1C)C(=O)Nc1ccc(Cl)cc1Cl. The molecule has 0 aliphatic heterocycles. The average Bonchev–Trinajstić information content (AvgIpc) is 2.98. The first kappa shape index (κ1) is 20.0. The van der Waals surface area contributed by atoms with Gasteiger partial charge in [0.1, 0.15) is 0 Å². The van der Waals surface area contributed by atoms with Crippen molar-refractivity contribution in [1.29, 1.82) is 0 Å². The zero-order valence-corrected chi connectivity index (χ0v) is 17.5. The van der Waals surface area contributed by atoms with E-state index < -0.39 is 5.25 Å². The molecule has 0 saturated carbocycles. The maximum absolute atomic E-state index is 12.5. The van der Waals surface area contributed by atoms with Gasteiger partial charge >= 0.3 is 0 Å². The van der Waals surface area contributed by atoms with Crippen LogP contribution in [0.2, 0.25) is 15.1 Å². The van der Waals surface area contributed by atoms with E-state index in [1.165, 1.54) is 11.8 Å². The second-order valence-corrected chi connectivity index (χ2v) is 8.33. The summed E-state index contributed by atoms with van der Waals surface area (Å²) in [4.78, 5) is 12.5. The van der Waals surface area contributed by atoms with Crippen molar-refractivity contribution < 1.29 is 4.79 Å². The zero-order valence-electron chi connectivity index (χ0n) is 14.4. The molecule has 9 heteroatoms. The van der Waals surface area contributed by atoms with E-state index >= 15 is 0 Å². The monoisotopic (exact) mass is 440 g/mol. The fourth-order valence-corrected chi connectivity index (χ4v) is 3.70. The number of anilines is 1. The number of halogens is 3. The Kier molecular flexibility index (Phi) is 6.32. The third-order valence-electron chi connectivity index (χ3n) is 3.78. The van der Waals surface area contributed by atoms with Crippen LogP contribution in [0.4, 0.5) is 5.69 Å². The van der Waals surface area contributed by atoms with Crippen LogP contribution in [-0.4, -0.2) is 25.9 Å². The Hall–Kier alpha value is -1.73. The molecule has 3 rings (SSSR count). The van der Waals surface area contributed by atoms with E-state index in [2.05, 4.69) is 15.5 Å². The van der Waals surface area contributed by atoms with Gasteiger partial charge in [-0.1, -0.05) is 46.6 Å². The van der Waals surface area contributed by atoms with Crippen molar-refractivity contribution in [3.8, 4) is 11.4 Å². The zero-order chi connectivity index (χ0) is 19.6. The van der Waals surface area contributed by atoms with Gasteiger partial charge in [0.05, 0.1) is 16.0 Å². The first-order valence-corrected chi connectivity index (χ1v) is 9.94. The molecule has 0 spiro atoms. The summed E-state index contributed by atoms with van der Waals surface area (Å²) in [6.07, 6.45) is 0. The number of carbonyl (C=O) groups excluding carboxylic acids is 1. The molecule has 0 aliphatic carbocycles. The van der Waals surface area contributed by atoms with Crippen LogP contribution >= 0.6 is 46.6 Å². The second kappa shape index (κ2) is 8.52. The highest BCUT2D eigenvalue weighted by Crippen LogP contribution is 2.29. The van der Waals surface area contributed by atoms with E-state index in [9.17, 15) is 4.79 Å². The normalized spacial score (nSPS) is 12.0. The van der Waals surface area contributed by atoms with Gasteiger partial charge in [-0.2, -0.15) is 0 Å². The standard InChI is InChI=1S/C18H15Cl3N4OS/c1-10(17(26)22-15-8-7-13(20)9-14(15)21)27-18-24-23-16(25(18)2)11-3-5-12(19)6-4-11/h3-10H,1-2H3,(H,22,26)/t10-/m0/s1. The van der Waals surface area contributed by atoms with Gasteiger partial charge in [0.2, 0.25) is 5.91 Å². The maximum atomic E-state index is 12.5. The minimum Gasteiger partial charge on any atom is -0.324 e. The number of nitrogens with one attached hydrogen (secondary N) is 1. The molecule has 0 aliphatic rings. The van der Waals surface area contributed by atoms with E-state index in [1.807, 2.05) is 23.7 Å². The molecule has 1 atom stereocenters. The van der Waals surface area contributed by atoms with Gasteiger partial charge in [-0.25, -0.2) is 0 Å². The highest BCUT2D eigenvalue weighted by molar-refractivity contribution is 8.00. The third-order valence-corrected chi connectivity index (χ3v) is 5.71. The maximum Gasteiger partial charge on any atom is 0.237 e. The van der Waals surface area contributed by atoms with Crippen LogP contribution in [0.25, 0.3) is 11.4 Å². The Labute approximate surface area is 176 Å². The quantitative estimate of drug-likeness (QED) is 0.526. The Morgan fingerprint density at radius 3 is 2.41 bits per heavy atom. The number of nitrogens with zero attached hydrogens (tertiary/aromatic N) is 3. The molecule has 2 aromatic carbocycles. The van der Waals surface area contributed by atoms with Crippen molar-refractivity contribution in [3.05, 3.63) is 57.5 Å². The fourth-order valence-electron chi connectivity index (χ4n) is 2.30. The van der Waals surface area contributed by atoms with Gasteiger partial charge in [-0.15, -0.1) is 10.2 Å². The summed E-state index contributed by atoms with van der Waals surface area (Å²) < 4.78 is 1.84. The van der Waals surface area contributed by atoms with E-state index in [4.69, 9.17) is 34.8 Å². The van der Waals surface area contributed by atoms with Crippen LogP contribution in [0.15, 0.2) is 47.6 Å². The Morgan fingerprint density at radius 2 is 1.74 bits per heavy atom. The van der Waals surface area contributed by atoms with Crippen LogP contribution in [-0.2, 0) is 11.8 Å². The summed E-state index contributed by atoms with van der Waals surface area (Å²) in [5.74, 6) is 0.503. The van der Waals surface area contributed by atoms with Gasteiger partial charge in [-0.05, 0) is 49.4 Å². The first-order valence-electron chi connectivity index (χ1n) is 7.93. The van der Waals surface area contributed by atoms with Crippen molar-refractivity contribution in [1.82, 2.24) is 14.8 Å². The molecular weight excluding hydrogens is 427 g/mol. The minimum absolute atomic E-state index is 0.194. The molecule has 1 aromatic heterocycles. The molecule has 0 fully saturated rings. The van der Waals surface area contributed by atoms with Gasteiger partial charge in [0.25, 0.3) is 0 Å². The van der Waals surface area contributed by atoms with E-state index in [-0.39, 0.29) is 5.91 Å². The number of aromatic nitrogens is 3. The van der Waals surface area contributed by atoms with Crippen LogP contribution in [0.5, 0.6) is 0 Å². The summed E-state index contributed by atoms with van der Waals surface area (Å²) in [5, 5.41) is 13.0. The summed E-state index contributed by atoms with van der Waals surface area (Å²) in [6.45, 7) is 1.79. The highest BCUT2D eigenvalue weighted by atomic mass is 35.5. The van der Waals surface area contributed by atoms with Crippen molar-refractivity contribution >= 4 is 58.2 Å². The van der Waals surface area contributed by atoms with E-state index in [1.54, 1.807) is 37.3 Å². The molecule has 1 amide bonds. The Balaban J connectivity index is 1.71. The summed E-state index contributed by atoms with van der Waals surface area (Å²) in [7, 11) is 1.85. The van der Waals surface area contributed by atoms with Gasteiger partial charge < -0.3 is 9.88 Å². The van der Waals surface area contributed by atoms with Crippen LogP contribution in [0.3, 0.4) is 0 Å². The second-order valence-electron chi connectivity index (χ2n) is 5.75. The predicted molar refractivity (Wildman–Crippen MR) is 112 cm³/mol. The summed E-state index contributed by atoms with van der Waals surface area (Å²) in [6, 6.07) is 12.3. The van der Waals surface area contributed by atoms with E-state index in [0.29, 0.717) is 31.7 Å². The summed E-state index contributed by atoms with van der Waals surface area (Å²) >= 11 is 19.2. The van der Waals surface area contributed by atoms with Crippen molar-refractivity contribution in [2.45, 2.75) is 17.3 Å². The Bertz CT molecular complexity index is 975. The lowest BCUT2D eigenvalue weighted by molar-refractivity contribution is -0.115. The highest BCUT2D eigenvalue weighted by Gasteiger charge is 2.20. The lowest BCUT2D eigenvalue weighted by Gasteiger charge is -2.13. The molecule has 140 valence electrons. The van der Waals surface area contributed by atoms with Crippen molar-refractivity contribution in [2.24, 2.45) is 7.05 Å². The van der Waals surface area contributed by atoms with Gasteiger partial charge in [0, 0.05) is 22.7 Å². The smallest absolute Gasteiger partial charge is 0.237 e. The number of rotatable bonds is 5. The topological polar surface area (TPSA) is 59.8 Å². The number of hydrogen-bond acceptors (Lipinski definition) is 4. The van der Waals surface area contributed by atoms with Gasteiger partial charge in [0.15, 0.2) is 11.0 Å². The largest absolute Gasteiger partial charge is 0.324 e. The molecular formula is C18H15Cl3N4OS. The number of thioether (sulfide) groups is 1. The molecule has 5 nitrogen and oxygen atoms in total. The van der Waals surface area contributed by atoms with E-state index in [0.717, 1.165) is 5.56 Å². The molecule has 0 radical (unpaired) electrons. The predicted octanol–water partition coefficient (Wildman–Crippen LogP) is 5.56. The summed E-state index contributed by atoms with van der Waals surface area (Å²) in [5.41, 5.74) is 1.41. The van der Waals surface area contributed by atoms with Crippen LogP contribution < -0.4 is 5.32 Å². The molecule has 3 aromatic rings. The van der Waals surface area contributed by atoms with Crippen molar-refractivity contribution in [2.75, 3.05) is 5.32 Å². The first-order chi connectivity index (χ1) is 12.8. The number of amides is 1. The third kappa shape index (κ3) is 4.76. The number of hydrogen-bond donors (Lipinski definition) is 1. The molecule has 27 heavy (non-hydrogen) atoms. The molecule has 0 bridgehead atoms. The lowest BCUT2D eigenvalue weighted by Crippen LogP contribution is -2.23. The molecule has 1 N–H and O–H groups in total. The van der Waals surface area contributed by atoms with Crippen LogP contribution in [0, 0.1) is 0 Å². The Morgan fingerprint density at radius 1 is 1.07 bits per heavy atom.